The molecule has 0 aliphatic carbocycles. The number of carbonyl (C=O) groups is 1. The lowest BCUT2D eigenvalue weighted by atomic mass is 10.2. The van der Waals surface area contributed by atoms with E-state index in [9.17, 15) is 13.6 Å². The molecule has 1 aromatic heterocycles. The molecular formula is C13H9BrF2N2O. The van der Waals surface area contributed by atoms with Gasteiger partial charge in [-0.25, -0.2) is 13.8 Å². The van der Waals surface area contributed by atoms with Gasteiger partial charge in [-0.15, -0.1) is 0 Å². The fourth-order valence-electron chi connectivity index (χ4n) is 1.53. The Labute approximate surface area is 116 Å². The van der Waals surface area contributed by atoms with Crippen molar-refractivity contribution in [1.29, 1.82) is 0 Å². The number of nitrogens with one attached hydrogen (secondary N) is 1. The minimum atomic E-state index is -1.17. The molecule has 2 rings (SSSR count). The van der Waals surface area contributed by atoms with Crippen molar-refractivity contribution in [2.45, 2.75) is 6.92 Å². The molecule has 19 heavy (non-hydrogen) atoms. The van der Waals surface area contributed by atoms with Gasteiger partial charge in [-0.2, -0.15) is 0 Å². The van der Waals surface area contributed by atoms with E-state index in [1.165, 1.54) is 18.3 Å². The molecule has 0 saturated carbocycles. The molecule has 0 atom stereocenters. The summed E-state index contributed by atoms with van der Waals surface area (Å²) in [6.45, 7) is 1.75. The zero-order valence-corrected chi connectivity index (χ0v) is 11.5. The SMILES string of the molecule is Cc1cc(Br)cnc1NC(=O)c1cccc(F)c1F. The third-order valence-electron chi connectivity index (χ3n) is 2.47. The van der Waals surface area contributed by atoms with Crippen LogP contribution in [0.25, 0.3) is 0 Å². The predicted octanol–water partition coefficient (Wildman–Crippen LogP) is 3.68. The summed E-state index contributed by atoms with van der Waals surface area (Å²) in [7, 11) is 0. The van der Waals surface area contributed by atoms with Gasteiger partial charge in [0.25, 0.3) is 5.91 Å². The number of nitrogens with zero attached hydrogens (tertiary/aromatic N) is 1. The highest BCUT2D eigenvalue weighted by atomic mass is 79.9. The predicted molar refractivity (Wildman–Crippen MR) is 71.0 cm³/mol. The summed E-state index contributed by atoms with van der Waals surface area (Å²) in [4.78, 5) is 15.9. The first kappa shape index (κ1) is 13.6. The van der Waals surface area contributed by atoms with Gasteiger partial charge >= 0.3 is 0 Å². The van der Waals surface area contributed by atoms with E-state index in [-0.39, 0.29) is 5.56 Å². The molecule has 98 valence electrons. The van der Waals surface area contributed by atoms with E-state index in [2.05, 4.69) is 26.2 Å². The number of aromatic nitrogens is 1. The summed E-state index contributed by atoms with van der Waals surface area (Å²) >= 11 is 3.24. The molecular weight excluding hydrogens is 318 g/mol. The van der Waals surface area contributed by atoms with Crippen LogP contribution in [0.1, 0.15) is 15.9 Å². The van der Waals surface area contributed by atoms with Crippen molar-refractivity contribution in [2.24, 2.45) is 0 Å². The van der Waals surface area contributed by atoms with Gasteiger partial charge < -0.3 is 5.32 Å². The Morgan fingerprint density at radius 1 is 1.37 bits per heavy atom. The molecule has 1 amide bonds. The number of aryl methyl sites for hydroxylation is 1. The monoisotopic (exact) mass is 326 g/mol. The van der Waals surface area contributed by atoms with Gasteiger partial charge in [0.1, 0.15) is 5.82 Å². The Balaban J connectivity index is 2.28. The molecule has 1 heterocycles. The van der Waals surface area contributed by atoms with Crippen LogP contribution in [0, 0.1) is 18.6 Å². The third kappa shape index (κ3) is 2.96. The third-order valence-corrected chi connectivity index (χ3v) is 2.91. The van der Waals surface area contributed by atoms with E-state index >= 15 is 0 Å². The van der Waals surface area contributed by atoms with Crippen LogP contribution in [0.2, 0.25) is 0 Å². The molecule has 1 N–H and O–H groups in total. The molecule has 2 aromatic rings. The lowest BCUT2D eigenvalue weighted by Crippen LogP contribution is -2.16. The smallest absolute Gasteiger partial charge is 0.259 e. The number of pyridine rings is 1. The van der Waals surface area contributed by atoms with E-state index in [4.69, 9.17) is 0 Å². The normalized spacial score (nSPS) is 10.3. The van der Waals surface area contributed by atoms with Crippen molar-refractivity contribution in [2.75, 3.05) is 5.32 Å². The summed E-state index contributed by atoms with van der Waals surface area (Å²) in [5.41, 5.74) is 0.351. The van der Waals surface area contributed by atoms with Gasteiger partial charge in [-0.05, 0) is 46.6 Å². The molecule has 0 fully saturated rings. The number of hydrogen-bond acceptors (Lipinski definition) is 2. The zero-order chi connectivity index (χ0) is 14.0. The van der Waals surface area contributed by atoms with Crippen LogP contribution >= 0.6 is 15.9 Å². The first-order valence-corrected chi connectivity index (χ1v) is 6.16. The van der Waals surface area contributed by atoms with Crippen LogP contribution in [-0.4, -0.2) is 10.9 Å². The fourth-order valence-corrected chi connectivity index (χ4v) is 1.97. The van der Waals surface area contributed by atoms with Gasteiger partial charge in [-0.3, -0.25) is 4.79 Å². The van der Waals surface area contributed by atoms with Crippen LogP contribution in [0.3, 0.4) is 0 Å². The molecule has 1 aromatic carbocycles. The van der Waals surface area contributed by atoms with E-state index in [1.807, 2.05) is 0 Å². The van der Waals surface area contributed by atoms with Crippen LogP contribution in [0.5, 0.6) is 0 Å². The minimum Gasteiger partial charge on any atom is -0.306 e. The maximum absolute atomic E-state index is 13.5. The molecule has 0 aliphatic heterocycles. The number of carbonyl (C=O) groups excluding carboxylic acids is 1. The number of benzene rings is 1. The number of amides is 1. The van der Waals surface area contributed by atoms with Crippen molar-refractivity contribution in [1.82, 2.24) is 4.98 Å². The van der Waals surface area contributed by atoms with Crippen LogP contribution in [0.4, 0.5) is 14.6 Å². The summed E-state index contributed by atoms with van der Waals surface area (Å²) in [6, 6.07) is 5.19. The maximum Gasteiger partial charge on any atom is 0.259 e. The lowest BCUT2D eigenvalue weighted by molar-refractivity contribution is 0.102. The number of hydrogen-bond donors (Lipinski definition) is 1. The van der Waals surface area contributed by atoms with Crippen LogP contribution in [-0.2, 0) is 0 Å². The Morgan fingerprint density at radius 3 is 2.79 bits per heavy atom. The first-order chi connectivity index (χ1) is 8.99. The Morgan fingerprint density at radius 2 is 2.11 bits per heavy atom. The molecule has 3 nitrogen and oxygen atoms in total. The lowest BCUT2D eigenvalue weighted by Gasteiger charge is -2.08. The van der Waals surface area contributed by atoms with Crippen LogP contribution < -0.4 is 5.32 Å². The van der Waals surface area contributed by atoms with E-state index in [0.717, 1.165) is 10.5 Å². The summed E-state index contributed by atoms with van der Waals surface area (Å²) in [6.07, 6.45) is 1.50. The molecule has 0 aliphatic rings. The first-order valence-electron chi connectivity index (χ1n) is 5.36. The molecule has 6 heteroatoms. The van der Waals surface area contributed by atoms with Crippen molar-refractivity contribution in [3.05, 3.63) is 57.7 Å². The number of halogens is 3. The van der Waals surface area contributed by atoms with Gasteiger partial charge in [0.15, 0.2) is 11.6 Å². The standard InChI is InChI=1S/C13H9BrF2N2O/c1-7-5-8(14)6-17-12(7)18-13(19)9-3-2-4-10(15)11(9)16/h2-6H,1H3,(H,17,18,19). The van der Waals surface area contributed by atoms with Crippen LogP contribution in [0.15, 0.2) is 34.9 Å². The minimum absolute atomic E-state index is 0.303. The highest BCUT2D eigenvalue weighted by molar-refractivity contribution is 9.10. The maximum atomic E-state index is 13.5. The molecule has 0 unspecified atom stereocenters. The second kappa shape index (κ2) is 5.44. The quantitative estimate of drug-likeness (QED) is 0.914. The summed E-state index contributed by atoms with van der Waals surface area (Å²) in [5.74, 6) is -2.67. The van der Waals surface area contributed by atoms with Crippen molar-refractivity contribution >= 4 is 27.7 Å². The summed E-state index contributed by atoms with van der Waals surface area (Å²) in [5, 5.41) is 2.44. The van der Waals surface area contributed by atoms with Gasteiger partial charge in [0, 0.05) is 10.7 Å². The topological polar surface area (TPSA) is 42.0 Å². The highest BCUT2D eigenvalue weighted by Crippen LogP contribution is 2.18. The van der Waals surface area contributed by atoms with Crippen molar-refractivity contribution in [3.63, 3.8) is 0 Å². The zero-order valence-electron chi connectivity index (χ0n) is 9.88. The van der Waals surface area contributed by atoms with E-state index < -0.39 is 17.5 Å². The Kier molecular flexibility index (Phi) is 3.90. The largest absolute Gasteiger partial charge is 0.306 e. The number of rotatable bonds is 2. The second-order valence-electron chi connectivity index (χ2n) is 3.87. The van der Waals surface area contributed by atoms with Gasteiger partial charge in [0.05, 0.1) is 5.56 Å². The number of anilines is 1. The average Bonchev–Trinajstić information content (AvgIpc) is 2.36. The van der Waals surface area contributed by atoms with Crippen molar-refractivity contribution < 1.29 is 13.6 Å². The molecule has 0 radical (unpaired) electrons. The molecule has 0 spiro atoms. The summed E-state index contributed by atoms with van der Waals surface area (Å²) < 4.78 is 27.3. The van der Waals surface area contributed by atoms with Gasteiger partial charge in [-0.1, -0.05) is 6.07 Å². The van der Waals surface area contributed by atoms with Gasteiger partial charge in [0.2, 0.25) is 0 Å². The van der Waals surface area contributed by atoms with Crippen molar-refractivity contribution in [3.8, 4) is 0 Å². The average molecular weight is 327 g/mol. The Bertz CT molecular complexity index is 647. The molecule has 0 bridgehead atoms. The van der Waals surface area contributed by atoms with E-state index in [1.54, 1.807) is 13.0 Å². The fraction of sp³-hybridized carbons (Fsp3) is 0.0769. The second-order valence-corrected chi connectivity index (χ2v) is 4.79. The van der Waals surface area contributed by atoms with E-state index in [0.29, 0.717) is 11.4 Å². The highest BCUT2D eigenvalue weighted by Gasteiger charge is 2.16. The Hall–Kier alpha value is -1.82. The molecule has 0 saturated heterocycles.